The van der Waals surface area contributed by atoms with Crippen molar-refractivity contribution in [3.05, 3.63) is 59.9 Å². The van der Waals surface area contributed by atoms with E-state index < -0.39 is 15.8 Å². The van der Waals surface area contributed by atoms with E-state index in [2.05, 4.69) is 5.10 Å². The van der Waals surface area contributed by atoms with E-state index in [-0.39, 0.29) is 23.1 Å². The van der Waals surface area contributed by atoms with Crippen LogP contribution in [-0.4, -0.2) is 47.7 Å². The third-order valence-corrected chi connectivity index (χ3v) is 7.44. The summed E-state index contributed by atoms with van der Waals surface area (Å²) in [4.78, 5) is 4.54. The minimum atomic E-state index is -3.91. The second-order valence-electron chi connectivity index (χ2n) is 7.82. The number of hydrogen-bond acceptors (Lipinski definition) is 5. The largest absolute Gasteiger partial charge is 0.495 e. The molecule has 7 nitrogen and oxygen atoms in total. The first kappa shape index (κ1) is 21.5. The van der Waals surface area contributed by atoms with E-state index in [1.54, 1.807) is 10.9 Å². The van der Waals surface area contributed by atoms with Crippen molar-refractivity contribution in [1.29, 1.82) is 0 Å². The summed E-state index contributed by atoms with van der Waals surface area (Å²) >= 11 is 0. The molecule has 9 heteroatoms. The normalized spacial score (nSPS) is 17.6. The number of piperidine rings is 1. The van der Waals surface area contributed by atoms with Gasteiger partial charge in [0.25, 0.3) is 0 Å². The van der Waals surface area contributed by atoms with Gasteiger partial charge in [0.2, 0.25) is 10.0 Å². The predicted molar refractivity (Wildman–Crippen MR) is 115 cm³/mol. The molecule has 31 heavy (non-hydrogen) atoms. The molecule has 3 heterocycles. The molecule has 1 atom stereocenters. The van der Waals surface area contributed by atoms with E-state index in [0.717, 1.165) is 35.0 Å². The summed E-state index contributed by atoms with van der Waals surface area (Å²) in [5, 5.41) is 4.23. The molecule has 1 aliphatic rings. The van der Waals surface area contributed by atoms with Gasteiger partial charge >= 0.3 is 0 Å². The van der Waals surface area contributed by atoms with E-state index in [0.29, 0.717) is 13.0 Å². The zero-order chi connectivity index (χ0) is 22.2. The van der Waals surface area contributed by atoms with Crippen LogP contribution in [0.4, 0.5) is 4.39 Å². The minimum absolute atomic E-state index is 0.0570. The number of ether oxygens (including phenoxy) is 1. The molecule has 4 rings (SSSR count). The van der Waals surface area contributed by atoms with Crippen molar-refractivity contribution in [3.8, 4) is 16.9 Å². The van der Waals surface area contributed by atoms with Crippen LogP contribution in [0.2, 0.25) is 0 Å². The summed E-state index contributed by atoms with van der Waals surface area (Å²) in [5.74, 6) is -0.538. The molecule has 164 valence electrons. The molecule has 0 amide bonds. The number of rotatable bonds is 5. The average Bonchev–Trinajstić information content (AvgIpc) is 3.20. The number of nitrogens with zero attached hydrogens (tertiary/aromatic N) is 4. The standard InChI is InChI=1S/C22H25FN4O3S/c1-15-9-17(18-12-24-26(2)13-18)10-20(25-15)16-5-4-8-27(14-16)31(28,29)22-11-19(23)6-7-21(22)30-3/h6-7,9-13,16H,4-5,8,14H2,1-3H3/t16-/m0/s1. The van der Waals surface area contributed by atoms with Crippen LogP contribution < -0.4 is 4.74 Å². The predicted octanol–water partition coefficient (Wildman–Crippen LogP) is 3.51. The zero-order valence-corrected chi connectivity index (χ0v) is 18.6. The van der Waals surface area contributed by atoms with Crippen LogP contribution in [-0.2, 0) is 17.1 Å². The summed E-state index contributed by atoms with van der Waals surface area (Å²) in [5.41, 5.74) is 3.70. The lowest BCUT2D eigenvalue weighted by atomic mass is 9.93. The fourth-order valence-corrected chi connectivity index (χ4v) is 5.72. The first-order chi connectivity index (χ1) is 14.8. The van der Waals surface area contributed by atoms with Crippen molar-refractivity contribution in [2.75, 3.05) is 20.2 Å². The van der Waals surface area contributed by atoms with E-state index in [4.69, 9.17) is 9.72 Å². The fraction of sp³-hybridized carbons (Fsp3) is 0.364. The Bertz CT molecular complexity index is 1210. The lowest BCUT2D eigenvalue weighted by molar-refractivity contribution is 0.310. The highest BCUT2D eigenvalue weighted by atomic mass is 32.2. The number of hydrogen-bond donors (Lipinski definition) is 0. The molecule has 0 saturated carbocycles. The molecular weight excluding hydrogens is 419 g/mol. The van der Waals surface area contributed by atoms with E-state index in [1.807, 2.05) is 32.3 Å². The summed E-state index contributed by atoms with van der Waals surface area (Å²) in [7, 11) is -0.669. The van der Waals surface area contributed by atoms with Gasteiger partial charge < -0.3 is 4.74 Å². The topological polar surface area (TPSA) is 77.3 Å². The van der Waals surface area contributed by atoms with Crippen LogP contribution >= 0.6 is 0 Å². The first-order valence-electron chi connectivity index (χ1n) is 10.1. The van der Waals surface area contributed by atoms with E-state index in [9.17, 15) is 12.8 Å². The second kappa shape index (κ2) is 8.39. The third kappa shape index (κ3) is 4.33. The Hall–Kier alpha value is -2.78. The van der Waals surface area contributed by atoms with Gasteiger partial charge in [-0.1, -0.05) is 0 Å². The van der Waals surface area contributed by atoms with Crippen molar-refractivity contribution >= 4 is 10.0 Å². The lowest BCUT2D eigenvalue weighted by Gasteiger charge is -2.32. The maximum atomic E-state index is 13.8. The Labute approximate surface area is 181 Å². The van der Waals surface area contributed by atoms with Gasteiger partial charge in [-0.05, 0) is 55.7 Å². The monoisotopic (exact) mass is 444 g/mol. The van der Waals surface area contributed by atoms with Crippen molar-refractivity contribution in [1.82, 2.24) is 19.1 Å². The zero-order valence-electron chi connectivity index (χ0n) is 17.7. The molecule has 0 aliphatic carbocycles. The van der Waals surface area contributed by atoms with Gasteiger partial charge in [0.1, 0.15) is 16.5 Å². The summed E-state index contributed by atoms with van der Waals surface area (Å²) < 4.78 is 48.8. The van der Waals surface area contributed by atoms with Gasteiger partial charge in [0, 0.05) is 49.2 Å². The smallest absolute Gasteiger partial charge is 0.246 e. The molecule has 0 unspecified atom stereocenters. The van der Waals surface area contributed by atoms with Gasteiger partial charge in [-0.2, -0.15) is 9.40 Å². The van der Waals surface area contributed by atoms with Crippen LogP contribution in [0.1, 0.15) is 30.1 Å². The summed E-state index contributed by atoms with van der Waals surface area (Å²) in [6.07, 6.45) is 5.26. The quantitative estimate of drug-likeness (QED) is 0.602. The molecule has 1 aliphatic heterocycles. The maximum Gasteiger partial charge on any atom is 0.246 e. The molecule has 0 N–H and O–H groups in total. The van der Waals surface area contributed by atoms with Crippen LogP contribution in [0.25, 0.3) is 11.1 Å². The highest BCUT2D eigenvalue weighted by molar-refractivity contribution is 7.89. The lowest BCUT2D eigenvalue weighted by Crippen LogP contribution is -2.39. The Morgan fingerprint density at radius 2 is 2.00 bits per heavy atom. The number of pyridine rings is 1. The van der Waals surface area contributed by atoms with Crippen molar-refractivity contribution in [2.45, 2.75) is 30.6 Å². The SMILES string of the molecule is COc1ccc(F)cc1S(=O)(=O)N1CCC[C@H](c2cc(-c3cnn(C)c3)cc(C)n2)C1. The molecule has 1 aromatic carbocycles. The summed E-state index contributed by atoms with van der Waals surface area (Å²) in [6.45, 7) is 2.59. The number of benzene rings is 1. The highest BCUT2D eigenvalue weighted by Gasteiger charge is 2.33. The fourth-order valence-electron chi connectivity index (χ4n) is 4.03. The Balaban J connectivity index is 1.65. The van der Waals surface area contributed by atoms with Crippen LogP contribution in [0, 0.1) is 12.7 Å². The average molecular weight is 445 g/mol. The number of methoxy groups -OCH3 is 1. The molecule has 0 spiro atoms. The number of aryl methyl sites for hydroxylation is 2. The molecule has 3 aromatic rings. The van der Waals surface area contributed by atoms with Gasteiger partial charge in [0.15, 0.2) is 0 Å². The van der Waals surface area contributed by atoms with Crippen molar-refractivity contribution < 1.29 is 17.5 Å². The van der Waals surface area contributed by atoms with Crippen LogP contribution in [0.15, 0.2) is 47.6 Å². The van der Waals surface area contributed by atoms with Crippen molar-refractivity contribution in [2.24, 2.45) is 7.05 Å². The molecule has 0 bridgehead atoms. The van der Waals surface area contributed by atoms with Crippen LogP contribution in [0.3, 0.4) is 0 Å². The Morgan fingerprint density at radius 1 is 1.19 bits per heavy atom. The molecule has 0 radical (unpaired) electrons. The van der Waals surface area contributed by atoms with Gasteiger partial charge in [-0.3, -0.25) is 9.67 Å². The van der Waals surface area contributed by atoms with Crippen LogP contribution in [0.5, 0.6) is 5.75 Å². The Kier molecular flexibility index (Phi) is 5.81. The molecular formula is C22H25FN4O3S. The second-order valence-corrected chi connectivity index (χ2v) is 9.73. The molecule has 1 saturated heterocycles. The third-order valence-electron chi connectivity index (χ3n) is 5.56. The van der Waals surface area contributed by atoms with E-state index in [1.165, 1.54) is 23.5 Å². The highest BCUT2D eigenvalue weighted by Crippen LogP contribution is 2.34. The molecule has 2 aromatic heterocycles. The molecule has 1 fully saturated rings. The number of sulfonamides is 1. The number of aromatic nitrogens is 3. The summed E-state index contributed by atoms with van der Waals surface area (Å²) in [6, 6.07) is 7.55. The van der Waals surface area contributed by atoms with Gasteiger partial charge in [-0.25, -0.2) is 12.8 Å². The number of halogens is 1. The van der Waals surface area contributed by atoms with E-state index >= 15 is 0 Å². The van der Waals surface area contributed by atoms with Gasteiger partial charge in [-0.15, -0.1) is 0 Å². The minimum Gasteiger partial charge on any atom is -0.495 e. The van der Waals surface area contributed by atoms with Gasteiger partial charge in [0.05, 0.1) is 13.3 Å². The maximum absolute atomic E-state index is 13.8. The van der Waals surface area contributed by atoms with Crippen molar-refractivity contribution in [3.63, 3.8) is 0 Å². The first-order valence-corrected chi connectivity index (χ1v) is 11.5. The Morgan fingerprint density at radius 3 is 2.71 bits per heavy atom.